The molecule has 6 heteroatoms. The smallest absolute Gasteiger partial charge is 0.220 e. The molecule has 0 unspecified atom stereocenters. The largest absolute Gasteiger partial charge is 0.468 e. The van der Waals surface area contributed by atoms with Gasteiger partial charge in [0.15, 0.2) is 9.84 Å². The van der Waals surface area contributed by atoms with Crippen LogP contribution in [0.25, 0.3) is 0 Å². The Morgan fingerprint density at radius 1 is 1.12 bits per heavy atom. The molecule has 5 nitrogen and oxygen atoms in total. The van der Waals surface area contributed by atoms with E-state index in [9.17, 15) is 13.2 Å². The molecule has 1 amide bonds. The van der Waals surface area contributed by atoms with Gasteiger partial charge in [0.25, 0.3) is 0 Å². The van der Waals surface area contributed by atoms with Gasteiger partial charge in [0.2, 0.25) is 5.91 Å². The van der Waals surface area contributed by atoms with Gasteiger partial charge in [-0.25, -0.2) is 8.42 Å². The van der Waals surface area contributed by atoms with Crippen LogP contribution in [0.1, 0.15) is 38.2 Å². The molecule has 1 aromatic carbocycles. The van der Waals surface area contributed by atoms with E-state index >= 15 is 0 Å². The number of nitrogens with one attached hydrogen (secondary N) is 1. The highest BCUT2D eigenvalue weighted by Crippen LogP contribution is 2.29. The maximum atomic E-state index is 12.9. The number of rotatable bonds is 6. The molecule has 2 aromatic rings. The van der Waals surface area contributed by atoms with Crippen molar-refractivity contribution in [3.05, 3.63) is 54.5 Å². The fourth-order valence-electron chi connectivity index (χ4n) is 2.36. The number of amides is 1. The van der Waals surface area contributed by atoms with Crippen molar-refractivity contribution in [2.45, 2.75) is 37.3 Å². The van der Waals surface area contributed by atoms with Crippen LogP contribution >= 0.6 is 0 Å². The molecular weight excluding hydrogens is 326 g/mol. The maximum absolute atomic E-state index is 12.9. The van der Waals surface area contributed by atoms with Crippen LogP contribution in [-0.4, -0.2) is 20.9 Å². The third kappa shape index (κ3) is 4.71. The van der Waals surface area contributed by atoms with Crippen molar-refractivity contribution in [3.63, 3.8) is 0 Å². The summed E-state index contributed by atoms with van der Waals surface area (Å²) in [5, 5.41) is 1.77. The van der Waals surface area contributed by atoms with Crippen LogP contribution in [-0.2, 0) is 14.6 Å². The van der Waals surface area contributed by atoms with E-state index in [1.54, 1.807) is 42.5 Å². The van der Waals surface area contributed by atoms with Gasteiger partial charge in [0.1, 0.15) is 11.0 Å². The second-order valence-corrected chi connectivity index (χ2v) is 9.03. The Morgan fingerprint density at radius 2 is 1.79 bits per heavy atom. The normalized spacial score (nSPS) is 13.5. The average Bonchev–Trinajstić information content (AvgIpc) is 3.00. The summed E-state index contributed by atoms with van der Waals surface area (Å²) in [4.78, 5) is 12.3. The van der Waals surface area contributed by atoms with Crippen molar-refractivity contribution in [2.75, 3.05) is 6.54 Å². The highest BCUT2D eigenvalue weighted by atomic mass is 32.2. The molecule has 0 saturated heterocycles. The lowest BCUT2D eigenvalue weighted by Crippen LogP contribution is -2.33. The third-order valence-electron chi connectivity index (χ3n) is 3.48. The maximum Gasteiger partial charge on any atom is 0.220 e. The van der Waals surface area contributed by atoms with Crippen LogP contribution in [0.2, 0.25) is 0 Å². The molecule has 0 aliphatic heterocycles. The van der Waals surface area contributed by atoms with Crippen LogP contribution < -0.4 is 5.32 Å². The van der Waals surface area contributed by atoms with E-state index in [0.717, 1.165) is 0 Å². The molecule has 2 rings (SSSR count). The standard InChI is InChI=1S/C18H23NO4S/c1-18(2,3)12-17(20)19-13-16(15-10-7-11-23-15)24(21,22)14-8-5-4-6-9-14/h4-11,16H,12-13H2,1-3H3,(H,19,20)/t16-/m0/s1. The van der Waals surface area contributed by atoms with Crippen LogP contribution in [0, 0.1) is 5.41 Å². The Hall–Kier alpha value is -2.08. The van der Waals surface area contributed by atoms with Gasteiger partial charge in [-0.1, -0.05) is 39.0 Å². The average molecular weight is 349 g/mol. The second-order valence-electron chi connectivity index (χ2n) is 6.90. The lowest BCUT2D eigenvalue weighted by Gasteiger charge is -2.20. The van der Waals surface area contributed by atoms with Gasteiger partial charge < -0.3 is 9.73 Å². The van der Waals surface area contributed by atoms with Gasteiger partial charge in [-0.15, -0.1) is 0 Å². The fourth-order valence-corrected chi connectivity index (χ4v) is 3.97. The van der Waals surface area contributed by atoms with E-state index in [1.165, 1.54) is 6.26 Å². The van der Waals surface area contributed by atoms with Gasteiger partial charge in [-0.05, 0) is 29.7 Å². The quantitative estimate of drug-likeness (QED) is 0.868. The van der Waals surface area contributed by atoms with Crippen molar-refractivity contribution in [1.82, 2.24) is 5.32 Å². The van der Waals surface area contributed by atoms with E-state index in [0.29, 0.717) is 12.2 Å². The number of hydrogen-bond donors (Lipinski definition) is 1. The molecular formula is C18H23NO4S. The Bertz CT molecular complexity index is 759. The molecule has 24 heavy (non-hydrogen) atoms. The Morgan fingerprint density at radius 3 is 2.33 bits per heavy atom. The minimum Gasteiger partial charge on any atom is -0.468 e. The zero-order valence-corrected chi connectivity index (χ0v) is 15.0. The monoisotopic (exact) mass is 349 g/mol. The Labute approximate surface area is 143 Å². The van der Waals surface area contributed by atoms with Crippen LogP contribution in [0.5, 0.6) is 0 Å². The predicted octanol–water partition coefficient (Wildman–Crippen LogP) is 3.35. The summed E-state index contributed by atoms with van der Waals surface area (Å²) in [6.07, 6.45) is 1.75. The van der Waals surface area contributed by atoms with Gasteiger partial charge in [0, 0.05) is 13.0 Å². The predicted molar refractivity (Wildman–Crippen MR) is 92.2 cm³/mol. The minimum atomic E-state index is -3.67. The molecule has 130 valence electrons. The summed E-state index contributed by atoms with van der Waals surface area (Å²) in [6.45, 7) is 5.84. The molecule has 1 aromatic heterocycles. The summed E-state index contributed by atoms with van der Waals surface area (Å²) >= 11 is 0. The number of carbonyl (C=O) groups excluding carboxylic acids is 1. The Balaban J connectivity index is 2.23. The van der Waals surface area contributed by atoms with E-state index in [2.05, 4.69) is 5.32 Å². The van der Waals surface area contributed by atoms with Gasteiger partial charge in [-0.2, -0.15) is 0 Å². The summed E-state index contributed by atoms with van der Waals surface area (Å²) in [6, 6.07) is 11.4. The molecule has 1 N–H and O–H groups in total. The number of sulfone groups is 1. The molecule has 1 heterocycles. The number of hydrogen-bond acceptors (Lipinski definition) is 4. The molecule has 0 bridgehead atoms. The molecule has 0 saturated carbocycles. The van der Waals surface area contributed by atoms with Crippen molar-refractivity contribution in [3.8, 4) is 0 Å². The second kappa shape index (κ2) is 7.21. The van der Waals surface area contributed by atoms with Crippen molar-refractivity contribution in [2.24, 2.45) is 5.41 Å². The lowest BCUT2D eigenvalue weighted by molar-refractivity contribution is -0.122. The van der Waals surface area contributed by atoms with Gasteiger partial charge >= 0.3 is 0 Å². The molecule has 0 aliphatic carbocycles. The molecule has 0 radical (unpaired) electrons. The first-order valence-electron chi connectivity index (χ1n) is 7.79. The van der Waals surface area contributed by atoms with Crippen molar-refractivity contribution >= 4 is 15.7 Å². The molecule has 0 spiro atoms. The summed E-state index contributed by atoms with van der Waals surface area (Å²) < 4.78 is 31.1. The molecule has 1 atom stereocenters. The minimum absolute atomic E-state index is 0.0281. The lowest BCUT2D eigenvalue weighted by atomic mass is 9.92. The first kappa shape index (κ1) is 18.3. The number of carbonyl (C=O) groups is 1. The highest BCUT2D eigenvalue weighted by Gasteiger charge is 2.32. The number of furan rings is 1. The Kier molecular flexibility index (Phi) is 5.49. The number of benzene rings is 1. The molecule has 0 fully saturated rings. The highest BCUT2D eigenvalue weighted by molar-refractivity contribution is 7.91. The zero-order valence-electron chi connectivity index (χ0n) is 14.2. The van der Waals surface area contributed by atoms with Crippen molar-refractivity contribution < 1.29 is 17.6 Å². The first-order chi connectivity index (χ1) is 11.2. The zero-order chi connectivity index (χ0) is 17.8. The van der Waals surface area contributed by atoms with Crippen molar-refractivity contribution in [1.29, 1.82) is 0 Å². The van der Waals surface area contributed by atoms with Gasteiger partial charge in [0.05, 0.1) is 11.2 Å². The fraction of sp³-hybridized carbons (Fsp3) is 0.389. The van der Waals surface area contributed by atoms with Crippen LogP contribution in [0.3, 0.4) is 0 Å². The topological polar surface area (TPSA) is 76.4 Å². The van der Waals surface area contributed by atoms with Crippen LogP contribution in [0.15, 0.2) is 58.0 Å². The van der Waals surface area contributed by atoms with Crippen LogP contribution in [0.4, 0.5) is 0 Å². The first-order valence-corrected chi connectivity index (χ1v) is 9.34. The SMILES string of the molecule is CC(C)(C)CC(=O)NC[C@@H](c1ccco1)S(=O)(=O)c1ccccc1. The third-order valence-corrected chi connectivity index (χ3v) is 5.56. The van der Waals surface area contributed by atoms with E-state index in [-0.39, 0.29) is 22.8 Å². The summed E-state index contributed by atoms with van der Waals surface area (Å²) in [5.41, 5.74) is -0.164. The molecule has 0 aliphatic rings. The van der Waals surface area contributed by atoms with E-state index in [4.69, 9.17) is 4.42 Å². The van der Waals surface area contributed by atoms with Gasteiger partial charge in [-0.3, -0.25) is 4.79 Å². The summed E-state index contributed by atoms with van der Waals surface area (Å²) in [7, 11) is -3.67. The van der Waals surface area contributed by atoms with E-state index < -0.39 is 15.1 Å². The van der Waals surface area contributed by atoms with E-state index in [1.807, 2.05) is 20.8 Å². The summed E-state index contributed by atoms with van der Waals surface area (Å²) in [5.74, 6) is 0.136.